The maximum Gasteiger partial charge on any atom is 0.405 e. The van der Waals surface area contributed by atoms with Crippen molar-refractivity contribution in [3.8, 4) is 5.69 Å². The number of benzene rings is 1. The molecule has 1 amide bonds. The molecule has 0 bridgehead atoms. The zero-order valence-corrected chi connectivity index (χ0v) is 16.6. The van der Waals surface area contributed by atoms with E-state index in [1.54, 1.807) is 10.6 Å². The van der Waals surface area contributed by atoms with Gasteiger partial charge in [-0.3, -0.25) is 4.79 Å². The molecule has 1 saturated carbocycles. The van der Waals surface area contributed by atoms with Crippen LogP contribution in [0.15, 0.2) is 58.2 Å². The monoisotopic (exact) mass is 471 g/mol. The van der Waals surface area contributed by atoms with E-state index in [1.807, 2.05) is 41.7 Å². The van der Waals surface area contributed by atoms with Gasteiger partial charge in [-0.25, -0.2) is 4.98 Å². The zero-order valence-electron chi connectivity index (χ0n) is 14.3. The highest BCUT2D eigenvalue weighted by atomic mass is 79.9. The highest BCUT2D eigenvalue weighted by Crippen LogP contribution is 2.62. The molecule has 1 heterocycles. The quantitative estimate of drug-likeness (QED) is 0.690. The lowest BCUT2D eigenvalue weighted by Crippen LogP contribution is -2.33. The Morgan fingerprint density at radius 3 is 2.71 bits per heavy atom. The van der Waals surface area contributed by atoms with E-state index in [0.717, 1.165) is 16.6 Å². The van der Waals surface area contributed by atoms with Crippen LogP contribution in [0, 0.1) is 5.92 Å². The number of amides is 1. The molecule has 2 unspecified atom stereocenters. The van der Waals surface area contributed by atoms with Crippen LogP contribution in [0.2, 0.25) is 0 Å². The second kappa shape index (κ2) is 6.77. The Kier molecular flexibility index (Phi) is 4.66. The Balaban J connectivity index is 1.75. The molecule has 0 saturated heterocycles. The van der Waals surface area contributed by atoms with E-state index in [0.29, 0.717) is 10.9 Å². The van der Waals surface area contributed by atoms with Crippen LogP contribution in [-0.4, -0.2) is 28.2 Å². The molecule has 4 rings (SSSR count). The number of carbonyl (C=O) groups excluding carboxylic acids is 1. The molecule has 1 N–H and O–H groups in total. The number of allylic oxidation sites excluding steroid dienone is 4. The van der Waals surface area contributed by atoms with Crippen molar-refractivity contribution in [1.29, 1.82) is 0 Å². The van der Waals surface area contributed by atoms with Gasteiger partial charge in [-0.15, -0.1) is 0 Å². The molecule has 0 spiro atoms. The molecular formula is C19H14BrClF3N3O. The van der Waals surface area contributed by atoms with Gasteiger partial charge in [0.15, 0.2) is 0 Å². The van der Waals surface area contributed by atoms with E-state index in [-0.39, 0.29) is 11.6 Å². The average Bonchev–Trinajstić information content (AvgIpc) is 3.23. The van der Waals surface area contributed by atoms with Crippen LogP contribution in [0.1, 0.15) is 22.7 Å². The largest absolute Gasteiger partial charge is 0.405 e. The molecular weight excluding hydrogens is 459 g/mol. The minimum atomic E-state index is -4.49. The second-order valence-corrected chi connectivity index (χ2v) is 8.10. The SMILES string of the molecule is O=C(NCC(F)(F)F)c1cn(-c2ccc(Br)cc2)c(C23CC2C=CC=C3Cl)n1. The van der Waals surface area contributed by atoms with Crippen molar-refractivity contribution >= 4 is 33.4 Å². The van der Waals surface area contributed by atoms with Gasteiger partial charge in [0.05, 0.1) is 5.41 Å². The van der Waals surface area contributed by atoms with E-state index in [2.05, 4.69) is 20.9 Å². The van der Waals surface area contributed by atoms with Crippen LogP contribution in [0.3, 0.4) is 0 Å². The first-order chi connectivity index (χ1) is 13.2. The molecule has 146 valence electrons. The molecule has 1 aromatic heterocycles. The summed E-state index contributed by atoms with van der Waals surface area (Å²) in [5.74, 6) is -0.190. The number of nitrogens with one attached hydrogen (secondary N) is 1. The van der Waals surface area contributed by atoms with Crippen LogP contribution < -0.4 is 5.32 Å². The zero-order chi connectivity index (χ0) is 20.1. The average molecular weight is 473 g/mol. The predicted octanol–water partition coefficient (Wildman–Crippen LogP) is 4.88. The summed E-state index contributed by atoms with van der Waals surface area (Å²) in [6.07, 6.45) is 3.38. The van der Waals surface area contributed by atoms with Crippen molar-refractivity contribution in [1.82, 2.24) is 14.9 Å². The first-order valence-electron chi connectivity index (χ1n) is 8.46. The molecule has 1 fully saturated rings. The molecule has 0 aliphatic heterocycles. The van der Waals surface area contributed by atoms with Gasteiger partial charge < -0.3 is 9.88 Å². The fraction of sp³-hybridized carbons (Fsp3) is 0.263. The summed E-state index contributed by atoms with van der Waals surface area (Å²) in [4.78, 5) is 16.7. The standard InChI is InChI=1S/C19H14BrClF3N3O/c20-12-4-6-13(7-5-12)27-9-14(16(28)25-10-19(22,23)24)26-17(27)18-8-11(18)2-1-3-15(18)21/h1-7,9,11H,8,10H2,(H,25,28). The molecule has 2 atom stereocenters. The van der Waals surface area contributed by atoms with Crippen molar-refractivity contribution < 1.29 is 18.0 Å². The predicted molar refractivity (Wildman–Crippen MR) is 103 cm³/mol. The summed E-state index contributed by atoms with van der Waals surface area (Å²) < 4.78 is 40.0. The number of fused-ring (bicyclic) bond motifs is 1. The highest BCUT2D eigenvalue weighted by molar-refractivity contribution is 9.10. The summed E-state index contributed by atoms with van der Waals surface area (Å²) in [7, 11) is 0. The number of carbonyl (C=O) groups is 1. The molecule has 9 heteroatoms. The first-order valence-corrected chi connectivity index (χ1v) is 9.63. The van der Waals surface area contributed by atoms with Gasteiger partial charge in [0.2, 0.25) is 0 Å². The normalized spacial score (nSPS) is 23.2. The highest BCUT2D eigenvalue weighted by Gasteiger charge is 2.60. The topological polar surface area (TPSA) is 46.9 Å². The number of hydrogen-bond donors (Lipinski definition) is 1. The van der Waals surface area contributed by atoms with Crippen LogP contribution in [0.5, 0.6) is 0 Å². The maximum absolute atomic E-state index is 12.5. The van der Waals surface area contributed by atoms with E-state index >= 15 is 0 Å². The van der Waals surface area contributed by atoms with Crippen LogP contribution >= 0.6 is 27.5 Å². The Bertz CT molecular complexity index is 997. The Labute approximate surface area is 172 Å². The smallest absolute Gasteiger partial charge is 0.342 e. The number of nitrogens with zero attached hydrogens (tertiary/aromatic N) is 2. The van der Waals surface area contributed by atoms with Crippen molar-refractivity contribution in [3.63, 3.8) is 0 Å². The lowest BCUT2D eigenvalue weighted by Gasteiger charge is -2.19. The summed E-state index contributed by atoms with van der Waals surface area (Å²) in [6, 6.07) is 7.33. The van der Waals surface area contributed by atoms with Crippen LogP contribution in [-0.2, 0) is 5.41 Å². The summed E-state index contributed by atoms with van der Waals surface area (Å²) in [5.41, 5.74) is 0.104. The number of rotatable bonds is 4. The third kappa shape index (κ3) is 3.39. The Morgan fingerprint density at radius 1 is 1.36 bits per heavy atom. The number of hydrogen-bond acceptors (Lipinski definition) is 2. The van der Waals surface area contributed by atoms with Crippen molar-refractivity contribution in [2.24, 2.45) is 5.92 Å². The number of halogens is 5. The lowest BCUT2D eigenvalue weighted by molar-refractivity contribution is -0.123. The van der Waals surface area contributed by atoms with Gasteiger partial charge in [0, 0.05) is 21.4 Å². The minimum absolute atomic E-state index is 0.0822. The second-order valence-electron chi connectivity index (χ2n) is 6.78. The first kappa shape index (κ1) is 19.3. The van der Waals surface area contributed by atoms with Gasteiger partial charge in [0.1, 0.15) is 18.1 Å². The van der Waals surface area contributed by atoms with E-state index in [4.69, 9.17) is 11.6 Å². The summed E-state index contributed by atoms with van der Waals surface area (Å²) in [6.45, 7) is -1.41. The van der Waals surface area contributed by atoms with E-state index in [1.165, 1.54) is 6.20 Å². The third-order valence-electron chi connectivity index (χ3n) is 4.92. The molecule has 28 heavy (non-hydrogen) atoms. The third-order valence-corrected chi connectivity index (χ3v) is 5.91. The Morgan fingerprint density at radius 2 is 2.07 bits per heavy atom. The van der Waals surface area contributed by atoms with Gasteiger partial charge >= 0.3 is 6.18 Å². The van der Waals surface area contributed by atoms with Gasteiger partial charge in [0.25, 0.3) is 5.91 Å². The fourth-order valence-electron chi connectivity index (χ4n) is 3.46. The van der Waals surface area contributed by atoms with Crippen LogP contribution in [0.4, 0.5) is 13.2 Å². The van der Waals surface area contributed by atoms with Crippen molar-refractivity contribution in [2.75, 3.05) is 6.54 Å². The van der Waals surface area contributed by atoms with Crippen LogP contribution in [0.25, 0.3) is 5.69 Å². The molecule has 4 nitrogen and oxygen atoms in total. The van der Waals surface area contributed by atoms with E-state index < -0.39 is 24.0 Å². The molecule has 2 aliphatic carbocycles. The number of aromatic nitrogens is 2. The summed E-state index contributed by atoms with van der Waals surface area (Å²) >= 11 is 9.87. The van der Waals surface area contributed by atoms with E-state index in [9.17, 15) is 18.0 Å². The number of alkyl halides is 3. The fourth-order valence-corrected chi connectivity index (χ4v) is 4.09. The van der Waals surface area contributed by atoms with Gasteiger partial charge in [-0.2, -0.15) is 13.2 Å². The van der Waals surface area contributed by atoms with Crippen molar-refractivity contribution in [3.05, 3.63) is 69.7 Å². The Hall–Kier alpha value is -2.06. The molecule has 0 radical (unpaired) electrons. The number of imidazole rings is 1. The molecule has 2 aromatic rings. The summed E-state index contributed by atoms with van der Waals surface area (Å²) in [5, 5.41) is 2.47. The lowest BCUT2D eigenvalue weighted by atomic mass is 9.97. The minimum Gasteiger partial charge on any atom is -0.342 e. The van der Waals surface area contributed by atoms with Gasteiger partial charge in [-0.1, -0.05) is 39.7 Å². The maximum atomic E-state index is 12.5. The molecule has 2 aliphatic rings. The molecule has 1 aromatic carbocycles. The van der Waals surface area contributed by atoms with Gasteiger partial charge in [-0.05, 0) is 42.7 Å². The van der Waals surface area contributed by atoms with Crippen molar-refractivity contribution in [2.45, 2.75) is 18.0 Å².